The molecule has 7 nitrogen and oxygen atoms in total. The molecule has 0 aliphatic carbocycles. The van der Waals surface area contributed by atoms with Crippen LogP contribution in [0.4, 0.5) is 16.2 Å². The summed E-state index contributed by atoms with van der Waals surface area (Å²) in [5.41, 5.74) is 6.75. The van der Waals surface area contributed by atoms with Gasteiger partial charge in [-0.05, 0) is 37.5 Å². The van der Waals surface area contributed by atoms with E-state index in [0.717, 1.165) is 10.5 Å². The number of benzene rings is 1. The lowest BCUT2D eigenvalue weighted by Crippen LogP contribution is -2.46. The van der Waals surface area contributed by atoms with Gasteiger partial charge in [-0.3, -0.25) is 14.5 Å². The topological polar surface area (TPSA) is 105 Å². The number of nitrogens with one attached hydrogen (secondary N) is 2. The summed E-state index contributed by atoms with van der Waals surface area (Å²) < 4.78 is 0. The molecule has 0 spiro atoms. The highest BCUT2D eigenvalue weighted by atomic mass is 35.5. The number of rotatable bonds is 5. The third-order valence-corrected chi connectivity index (χ3v) is 4.29. The van der Waals surface area contributed by atoms with Crippen molar-refractivity contribution in [3.05, 3.63) is 23.8 Å². The van der Waals surface area contributed by atoms with Crippen molar-refractivity contribution in [2.75, 3.05) is 17.6 Å². The predicted octanol–water partition coefficient (Wildman–Crippen LogP) is 2.05. The van der Waals surface area contributed by atoms with E-state index < -0.39 is 17.5 Å². The monoisotopic (exact) mass is 354 g/mol. The summed E-state index contributed by atoms with van der Waals surface area (Å²) in [6.07, 6.45) is 0.973. The molecule has 1 aromatic rings. The number of hydrogen-bond acceptors (Lipinski definition) is 4. The molecule has 0 bridgehead atoms. The number of carbonyl (C=O) groups excluding carboxylic acids is 3. The van der Waals surface area contributed by atoms with Crippen molar-refractivity contribution >= 4 is 41.6 Å². The van der Waals surface area contributed by atoms with Crippen molar-refractivity contribution in [2.45, 2.75) is 39.2 Å². The van der Waals surface area contributed by atoms with Crippen LogP contribution in [0, 0.1) is 6.92 Å². The van der Waals surface area contributed by atoms with Gasteiger partial charge in [-0.2, -0.15) is 0 Å². The van der Waals surface area contributed by atoms with Crippen molar-refractivity contribution in [2.24, 2.45) is 0 Å². The Morgan fingerprint density at radius 3 is 2.46 bits per heavy atom. The quantitative estimate of drug-likeness (QED) is 0.556. The molecular weight excluding hydrogens is 332 g/mol. The third-order valence-electron chi connectivity index (χ3n) is 4.29. The minimum absolute atomic E-state index is 0. The fourth-order valence-electron chi connectivity index (χ4n) is 2.66. The lowest BCUT2D eigenvalue weighted by molar-refractivity contribution is -0.134. The van der Waals surface area contributed by atoms with E-state index in [1.54, 1.807) is 18.2 Å². The highest BCUT2D eigenvalue weighted by Gasteiger charge is 2.49. The number of hydrogen-bond donors (Lipinski definition) is 3. The number of imide groups is 1. The summed E-state index contributed by atoms with van der Waals surface area (Å²) in [5, 5.41) is 5.38. The van der Waals surface area contributed by atoms with Crippen LogP contribution in [-0.2, 0) is 9.59 Å². The van der Waals surface area contributed by atoms with Crippen molar-refractivity contribution in [3.63, 3.8) is 0 Å². The summed E-state index contributed by atoms with van der Waals surface area (Å²) in [7, 11) is 0. The number of nitrogens with zero attached hydrogens (tertiary/aromatic N) is 1. The van der Waals surface area contributed by atoms with Crippen LogP contribution in [0.1, 0.15) is 32.3 Å². The molecule has 1 saturated heterocycles. The number of amides is 4. The molecular formula is C16H23ClN4O3. The highest BCUT2D eigenvalue weighted by molar-refractivity contribution is 6.10. The number of carbonyl (C=O) groups is 3. The number of aryl methyl sites for hydroxylation is 1. The second kappa shape index (κ2) is 7.53. The van der Waals surface area contributed by atoms with Gasteiger partial charge < -0.3 is 16.4 Å². The largest absolute Gasteiger partial charge is 0.399 e. The molecule has 8 heteroatoms. The van der Waals surface area contributed by atoms with Crippen LogP contribution >= 0.6 is 12.4 Å². The summed E-state index contributed by atoms with van der Waals surface area (Å²) in [5.74, 6) is -0.794. The maximum Gasteiger partial charge on any atom is 0.325 e. The zero-order valence-electron chi connectivity index (χ0n) is 14.0. The van der Waals surface area contributed by atoms with E-state index in [1.807, 2.05) is 20.8 Å². The summed E-state index contributed by atoms with van der Waals surface area (Å²) >= 11 is 0. The van der Waals surface area contributed by atoms with Gasteiger partial charge in [-0.15, -0.1) is 12.4 Å². The zero-order valence-corrected chi connectivity index (χ0v) is 14.8. The standard InChI is InChI=1S/C16H22N4O3.ClH/c1-4-16(5-2)14(22)20(15(23)19-16)9-13(21)18-12-8-11(17)7-6-10(12)3;/h6-8H,4-5,9,17H2,1-3H3,(H,18,21)(H,19,23);1H. The molecule has 0 aromatic heterocycles. The fourth-order valence-corrected chi connectivity index (χ4v) is 2.66. The first-order valence-electron chi connectivity index (χ1n) is 7.63. The van der Waals surface area contributed by atoms with Crippen LogP contribution in [-0.4, -0.2) is 34.8 Å². The van der Waals surface area contributed by atoms with Gasteiger partial charge in [0, 0.05) is 11.4 Å². The summed E-state index contributed by atoms with van der Waals surface area (Å²) in [6, 6.07) is 4.64. The minimum Gasteiger partial charge on any atom is -0.399 e. The SMILES string of the molecule is CCC1(CC)NC(=O)N(CC(=O)Nc2cc(N)ccc2C)C1=O.Cl. The lowest BCUT2D eigenvalue weighted by Gasteiger charge is -2.23. The van der Waals surface area contributed by atoms with Gasteiger partial charge in [0.25, 0.3) is 5.91 Å². The van der Waals surface area contributed by atoms with Gasteiger partial charge in [-0.25, -0.2) is 4.79 Å². The average Bonchev–Trinajstić information content (AvgIpc) is 2.75. The second-order valence-corrected chi connectivity index (χ2v) is 5.73. The average molecular weight is 355 g/mol. The van der Waals surface area contributed by atoms with Crippen molar-refractivity contribution in [3.8, 4) is 0 Å². The maximum atomic E-state index is 12.5. The lowest BCUT2D eigenvalue weighted by atomic mass is 9.93. The fraction of sp³-hybridized carbons (Fsp3) is 0.438. The smallest absolute Gasteiger partial charge is 0.325 e. The number of nitrogens with two attached hydrogens (primary N) is 1. The third kappa shape index (κ3) is 3.62. The van der Waals surface area contributed by atoms with Gasteiger partial charge >= 0.3 is 6.03 Å². The summed E-state index contributed by atoms with van der Waals surface area (Å²) in [6.45, 7) is 5.19. The van der Waals surface area contributed by atoms with E-state index in [0.29, 0.717) is 24.2 Å². The maximum absolute atomic E-state index is 12.5. The molecule has 1 aromatic carbocycles. The van der Waals surface area contributed by atoms with Gasteiger partial charge in [-0.1, -0.05) is 19.9 Å². The molecule has 1 heterocycles. The van der Waals surface area contributed by atoms with Gasteiger partial charge in [0.05, 0.1) is 0 Å². The van der Waals surface area contributed by atoms with Crippen molar-refractivity contribution in [1.29, 1.82) is 0 Å². The van der Waals surface area contributed by atoms with Gasteiger partial charge in [0.2, 0.25) is 5.91 Å². The van der Waals surface area contributed by atoms with Crippen LogP contribution in [0.25, 0.3) is 0 Å². The Bertz CT molecular complexity index is 659. The van der Waals surface area contributed by atoms with E-state index in [2.05, 4.69) is 10.6 Å². The van der Waals surface area contributed by atoms with Crippen molar-refractivity contribution < 1.29 is 14.4 Å². The van der Waals surface area contributed by atoms with Crippen LogP contribution in [0.15, 0.2) is 18.2 Å². The molecule has 1 aliphatic heterocycles. The minimum atomic E-state index is -0.898. The molecule has 24 heavy (non-hydrogen) atoms. The van der Waals surface area contributed by atoms with E-state index in [1.165, 1.54) is 0 Å². The number of nitrogen functional groups attached to an aromatic ring is 1. The van der Waals surface area contributed by atoms with E-state index >= 15 is 0 Å². The Balaban J connectivity index is 0.00000288. The molecule has 0 atom stereocenters. The Labute approximate surface area is 147 Å². The first-order chi connectivity index (χ1) is 10.8. The molecule has 2 rings (SSSR count). The van der Waals surface area contributed by atoms with E-state index in [9.17, 15) is 14.4 Å². The Morgan fingerprint density at radius 1 is 1.29 bits per heavy atom. The molecule has 1 fully saturated rings. The first kappa shape index (κ1) is 19.8. The molecule has 0 saturated carbocycles. The zero-order chi connectivity index (χ0) is 17.2. The van der Waals surface area contributed by atoms with Crippen LogP contribution in [0.5, 0.6) is 0 Å². The first-order valence-corrected chi connectivity index (χ1v) is 7.63. The van der Waals surface area contributed by atoms with Gasteiger partial charge in [0.15, 0.2) is 0 Å². The molecule has 132 valence electrons. The van der Waals surface area contributed by atoms with E-state index in [4.69, 9.17) is 5.73 Å². The normalized spacial score (nSPS) is 15.7. The molecule has 0 unspecified atom stereocenters. The Morgan fingerprint density at radius 2 is 1.92 bits per heavy atom. The van der Waals surface area contributed by atoms with Gasteiger partial charge in [0.1, 0.15) is 12.1 Å². The van der Waals surface area contributed by atoms with Crippen LogP contribution in [0.2, 0.25) is 0 Å². The number of halogens is 1. The second-order valence-electron chi connectivity index (χ2n) is 5.73. The van der Waals surface area contributed by atoms with Crippen LogP contribution in [0.3, 0.4) is 0 Å². The molecule has 4 N–H and O–H groups in total. The molecule has 0 radical (unpaired) electrons. The molecule has 1 aliphatic rings. The highest BCUT2D eigenvalue weighted by Crippen LogP contribution is 2.25. The van der Waals surface area contributed by atoms with E-state index in [-0.39, 0.29) is 24.9 Å². The number of anilines is 2. The predicted molar refractivity (Wildman–Crippen MR) is 95.0 cm³/mol. The van der Waals surface area contributed by atoms with Crippen molar-refractivity contribution in [1.82, 2.24) is 10.2 Å². The Kier molecular flexibility index (Phi) is 6.20. The molecule has 4 amide bonds. The Hall–Kier alpha value is -2.28. The van der Waals surface area contributed by atoms with Crippen LogP contribution < -0.4 is 16.4 Å². The number of urea groups is 1. The summed E-state index contributed by atoms with van der Waals surface area (Å²) in [4.78, 5) is 37.6.